The lowest BCUT2D eigenvalue weighted by Crippen LogP contribution is -2.35. The molecule has 184 valence electrons. The molecule has 1 aliphatic heterocycles. The van der Waals surface area contributed by atoms with Crippen molar-refractivity contribution in [1.82, 2.24) is 10.3 Å². The Bertz CT molecular complexity index is 1350. The van der Waals surface area contributed by atoms with E-state index in [1.807, 2.05) is 78.9 Å². The van der Waals surface area contributed by atoms with E-state index in [9.17, 15) is 9.59 Å². The van der Waals surface area contributed by atoms with Crippen LogP contribution in [0.1, 0.15) is 29.4 Å². The van der Waals surface area contributed by atoms with Gasteiger partial charge in [-0.05, 0) is 67.4 Å². The maximum atomic E-state index is 12.9. The number of aromatic nitrogens is 1. The van der Waals surface area contributed by atoms with Gasteiger partial charge in [0.25, 0.3) is 5.91 Å². The zero-order valence-electron chi connectivity index (χ0n) is 20.3. The normalized spacial score (nSPS) is 15.2. The Morgan fingerprint density at radius 3 is 2.61 bits per heavy atom. The quantitative estimate of drug-likeness (QED) is 0.320. The molecular formula is C29H30N4O3. The van der Waals surface area contributed by atoms with E-state index >= 15 is 0 Å². The smallest absolute Gasteiger partial charge is 0.272 e. The van der Waals surface area contributed by atoms with E-state index in [-0.39, 0.29) is 11.7 Å². The molecule has 1 unspecified atom stereocenters. The van der Waals surface area contributed by atoms with Gasteiger partial charge in [0.2, 0.25) is 0 Å². The summed E-state index contributed by atoms with van der Waals surface area (Å²) in [4.78, 5) is 29.6. The number of carbonyl (C=O) groups excluding carboxylic acids is 2. The number of nitrogens with zero attached hydrogens (tertiary/aromatic N) is 1. The van der Waals surface area contributed by atoms with E-state index in [2.05, 4.69) is 20.5 Å². The summed E-state index contributed by atoms with van der Waals surface area (Å²) in [6.45, 7) is 4.31. The molecule has 1 atom stereocenters. The first-order chi connectivity index (χ1) is 17.5. The maximum absolute atomic E-state index is 12.9. The minimum absolute atomic E-state index is 0.153. The van der Waals surface area contributed by atoms with Gasteiger partial charge in [-0.25, -0.2) is 0 Å². The Morgan fingerprint density at radius 1 is 1.03 bits per heavy atom. The van der Waals surface area contributed by atoms with Crippen LogP contribution in [0.3, 0.4) is 0 Å². The van der Waals surface area contributed by atoms with E-state index in [1.54, 1.807) is 6.92 Å². The number of benzene rings is 3. The van der Waals surface area contributed by atoms with E-state index in [0.717, 1.165) is 53.1 Å². The lowest BCUT2D eigenvalue weighted by Gasteiger charge is -2.19. The molecule has 2 heterocycles. The minimum atomic E-state index is -0.194. The van der Waals surface area contributed by atoms with Gasteiger partial charge in [-0.1, -0.05) is 30.3 Å². The first-order valence-corrected chi connectivity index (χ1v) is 12.2. The average molecular weight is 483 g/mol. The van der Waals surface area contributed by atoms with Gasteiger partial charge >= 0.3 is 0 Å². The summed E-state index contributed by atoms with van der Waals surface area (Å²) in [5.41, 5.74) is 4.32. The number of ether oxygens (including phenoxy) is 1. The van der Waals surface area contributed by atoms with E-state index in [0.29, 0.717) is 24.9 Å². The molecule has 1 saturated heterocycles. The molecule has 1 amide bonds. The topological polar surface area (TPSA) is 86.5 Å². The van der Waals surface area contributed by atoms with Gasteiger partial charge in [0.05, 0.1) is 6.54 Å². The number of aromatic amines is 1. The lowest BCUT2D eigenvalue weighted by atomic mass is 10.2. The fourth-order valence-corrected chi connectivity index (χ4v) is 4.47. The fraction of sp³-hybridized carbons (Fsp3) is 0.241. The van der Waals surface area contributed by atoms with E-state index in [4.69, 9.17) is 4.74 Å². The second-order valence-electron chi connectivity index (χ2n) is 9.22. The van der Waals surface area contributed by atoms with Crippen LogP contribution < -0.4 is 20.3 Å². The maximum Gasteiger partial charge on any atom is 0.272 e. The van der Waals surface area contributed by atoms with Crippen molar-refractivity contribution in [1.29, 1.82) is 0 Å². The summed E-state index contributed by atoms with van der Waals surface area (Å²) in [6.07, 6.45) is 1.01. The van der Waals surface area contributed by atoms with Crippen LogP contribution in [0, 0.1) is 0 Å². The van der Waals surface area contributed by atoms with Crippen molar-refractivity contribution < 1.29 is 14.3 Å². The number of hydrogen-bond donors (Lipinski definition) is 3. The molecule has 1 fully saturated rings. The van der Waals surface area contributed by atoms with Crippen molar-refractivity contribution in [3.05, 3.63) is 90.1 Å². The third kappa shape index (κ3) is 5.75. The highest BCUT2D eigenvalue weighted by molar-refractivity contribution is 6.06. The van der Waals surface area contributed by atoms with Crippen molar-refractivity contribution in [3.8, 4) is 5.75 Å². The van der Waals surface area contributed by atoms with Crippen LogP contribution in [0.4, 0.5) is 11.4 Å². The second-order valence-corrected chi connectivity index (χ2v) is 9.22. The number of amides is 1. The molecule has 7 nitrogen and oxygen atoms in total. The van der Waals surface area contributed by atoms with Crippen molar-refractivity contribution in [3.63, 3.8) is 0 Å². The molecule has 3 aromatic carbocycles. The zero-order chi connectivity index (χ0) is 24.9. The Labute approximate surface area is 210 Å². The minimum Gasteiger partial charge on any atom is -0.489 e. The van der Waals surface area contributed by atoms with Crippen LogP contribution in [-0.2, 0) is 11.4 Å². The molecule has 4 aromatic rings. The molecule has 1 aromatic heterocycles. The highest BCUT2D eigenvalue weighted by atomic mass is 16.5. The first-order valence-electron chi connectivity index (χ1n) is 12.2. The van der Waals surface area contributed by atoms with Gasteiger partial charge in [0.15, 0.2) is 0 Å². The number of rotatable bonds is 9. The summed E-state index contributed by atoms with van der Waals surface area (Å²) >= 11 is 0. The lowest BCUT2D eigenvalue weighted by molar-refractivity contribution is -0.116. The molecule has 5 rings (SSSR count). The molecule has 0 aliphatic carbocycles. The molecule has 3 N–H and O–H groups in total. The summed E-state index contributed by atoms with van der Waals surface area (Å²) < 4.78 is 5.91. The summed E-state index contributed by atoms with van der Waals surface area (Å²) in [7, 11) is 0. The van der Waals surface area contributed by atoms with Crippen molar-refractivity contribution >= 4 is 34.0 Å². The Kier molecular flexibility index (Phi) is 7.00. The van der Waals surface area contributed by atoms with Gasteiger partial charge < -0.3 is 25.3 Å². The van der Waals surface area contributed by atoms with Gasteiger partial charge in [-0.3, -0.25) is 9.59 Å². The van der Waals surface area contributed by atoms with Crippen LogP contribution >= 0.6 is 0 Å². The molecule has 0 radical (unpaired) electrons. The third-order valence-electron chi connectivity index (χ3n) is 6.40. The number of Topliss-reactive ketones (excluding diaryl/α,β-unsaturated/α-hetero) is 1. The zero-order valence-corrected chi connectivity index (χ0v) is 20.3. The summed E-state index contributed by atoms with van der Waals surface area (Å²) in [5.74, 6) is 0.717. The van der Waals surface area contributed by atoms with Crippen LogP contribution in [0.2, 0.25) is 0 Å². The Morgan fingerprint density at radius 2 is 1.83 bits per heavy atom. The van der Waals surface area contributed by atoms with Crippen molar-refractivity contribution in [2.75, 3.05) is 29.9 Å². The van der Waals surface area contributed by atoms with E-state index in [1.165, 1.54) is 0 Å². The van der Waals surface area contributed by atoms with Crippen LogP contribution in [-0.4, -0.2) is 42.4 Å². The largest absolute Gasteiger partial charge is 0.489 e. The second kappa shape index (κ2) is 10.7. The van der Waals surface area contributed by atoms with Crippen LogP contribution in [0.5, 0.6) is 5.75 Å². The predicted octanol–water partition coefficient (Wildman–Crippen LogP) is 4.76. The summed E-state index contributed by atoms with van der Waals surface area (Å²) in [6, 6.07) is 25.8. The highest BCUT2D eigenvalue weighted by Gasteiger charge is 2.22. The molecular weight excluding hydrogens is 452 g/mol. The number of H-pyrrole nitrogens is 1. The molecule has 0 saturated carbocycles. The molecule has 7 heteroatoms. The highest BCUT2D eigenvalue weighted by Crippen LogP contribution is 2.25. The molecule has 0 spiro atoms. The average Bonchev–Trinajstić information content (AvgIpc) is 3.54. The number of ketones is 1. The number of nitrogens with one attached hydrogen (secondary N) is 3. The first kappa shape index (κ1) is 23.6. The number of anilines is 2. The van der Waals surface area contributed by atoms with Crippen LogP contribution in [0.25, 0.3) is 10.9 Å². The Balaban J connectivity index is 1.18. The van der Waals surface area contributed by atoms with Gasteiger partial charge in [0, 0.05) is 41.4 Å². The van der Waals surface area contributed by atoms with Crippen molar-refractivity contribution in [2.45, 2.75) is 26.0 Å². The van der Waals surface area contributed by atoms with Crippen LogP contribution in [0.15, 0.2) is 78.9 Å². The number of hydrogen-bond acceptors (Lipinski definition) is 5. The fourth-order valence-electron chi connectivity index (χ4n) is 4.47. The SMILES string of the molecule is CC(=O)CNC1CCN(c2ccc(NC(=O)c3cc4cc(OCc5ccccc5)ccc4[nH]3)cc2)C1. The number of fused-ring (bicyclic) bond motifs is 1. The van der Waals surface area contributed by atoms with Crippen molar-refractivity contribution in [2.24, 2.45) is 0 Å². The number of carbonyl (C=O) groups is 2. The molecule has 1 aliphatic rings. The van der Waals surface area contributed by atoms with Gasteiger partial charge in [0.1, 0.15) is 23.8 Å². The summed E-state index contributed by atoms with van der Waals surface area (Å²) in [5, 5.41) is 7.20. The van der Waals surface area contributed by atoms with Gasteiger partial charge in [-0.15, -0.1) is 0 Å². The standard InChI is InChI=1S/C29H30N4O3/c1-20(34)17-30-24-13-14-33(18-24)25-9-7-23(8-10-25)31-29(35)28-16-22-15-26(11-12-27(22)32-28)36-19-21-5-3-2-4-6-21/h2-12,15-16,24,30,32H,13-14,17-19H2,1H3,(H,31,35). The Hall–Kier alpha value is -4.10. The monoisotopic (exact) mass is 482 g/mol. The molecule has 0 bridgehead atoms. The molecule has 36 heavy (non-hydrogen) atoms. The third-order valence-corrected chi connectivity index (χ3v) is 6.40. The van der Waals surface area contributed by atoms with Gasteiger partial charge in [-0.2, -0.15) is 0 Å². The van der Waals surface area contributed by atoms with E-state index < -0.39 is 0 Å². The predicted molar refractivity (Wildman–Crippen MR) is 143 cm³/mol.